The third-order valence-corrected chi connectivity index (χ3v) is 5.12. The van der Waals surface area contributed by atoms with Crippen LogP contribution < -0.4 is 4.72 Å². The van der Waals surface area contributed by atoms with Crippen LogP contribution in [0.4, 0.5) is 0 Å². The van der Waals surface area contributed by atoms with Gasteiger partial charge in [-0.1, -0.05) is 35.4 Å². The lowest BCUT2D eigenvalue weighted by Crippen LogP contribution is -2.30. The third kappa shape index (κ3) is 2.95. The van der Waals surface area contributed by atoms with Gasteiger partial charge in [-0.2, -0.15) is 0 Å². The highest BCUT2D eigenvalue weighted by molar-refractivity contribution is 7.90. The molecule has 0 spiro atoms. The van der Waals surface area contributed by atoms with Crippen molar-refractivity contribution in [3.8, 4) is 0 Å². The first kappa shape index (κ1) is 15.6. The van der Waals surface area contributed by atoms with Crippen LogP contribution in [0.25, 0.3) is 10.9 Å². The molecule has 7 heteroatoms. The Morgan fingerprint density at radius 1 is 1.13 bits per heavy atom. The number of H-pyrrole nitrogens is 1. The van der Waals surface area contributed by atoms with E-state index < -0.39 is 15.9 Å². The smallest absolute Gasteiger partial charge is 0.267 e. The minimum atomic E-state index is -3.94. The first-order valence-electron chi connectivity index (χ1n) is 6.78. The van der Waals surface area contributed by atoms with Crippen LogP contribution in [-0.4, -0.2) is 19.3 Å². The largest absolute Gasteiger partial charge is 0.360 e. The summed E-state index contributed by atoms with van der Waals surface area (Å²) < 4.78 is 26.7. The van der Waals surface area contributed by atoms with E-state index in [-0.39, 0.29) is 10.5 Å². The molecule has 5 nitrogen and oxygen atoms in total. The standard InChI is InChI=1S/C16H13ClN2O3S/c1-10-5-7-11(8-6-10)23(21,22)19-16(20)12-9-18-14-4-2-3-13(17)15(12)14/h2-9,18H,1H3,(H,19,20). The molecule has 0 unspecified atom stereocenters. The van der Waals surface area contributed by atoms with Crippen molar-refractivity contribution in [3.63, 3.8) is 0 Å². The Bertz CT molecular complexity index is 992. The van der Waals surface area contributed by atoms with E-state index in [4.69, 9.17) is 11.6 Å². The van der Waals surface area contributed by atoms with Gasteiger partial charge in [0.05, 0.1) is 15.5 Å². The average molecular weight is 349 g/mol. The molecule has 118 valence electrons. The second-order valence-electron chi connectivity index (χ2n) is 5.11. The fourth-order valence-electron chi connectivity index (χ4n) is 2.27. The van der Waals surface area contributed by atoms with Gasteiger partial charge in [0.15, 0.2) is 0 Å². The van der Waals surface area contributed by atoms with Crippen molar-refractivity contribution in [2.24, 2.45) is 0 Å². The SMILES string of the molecule is Cc1ccc(S(=O)(=O)NC(=O)c2c[nH]c3cccc(Cl)c23)cc1. The lowest BCUT2D eigenvalue weighted by molar-refractivity contribution is 0.0983. The zero-order valence-electron chi connectivity index (χ0n) is 12.1. The molecular formula is C16H13ClN2O3S. The lowest BCUT2D eigenvalue weighted by Gasteiger charge is -2.07. The number of aromatic amines is 1. The van der Waals surface area contributed by atoms with Gasteiger partial charge in [-0.3, -0.25) is 4.79 Å². The highest BCUT2D eigenvalue weighted by Crippen LogP contribution is 2.26. The molecule has 0 radical (unpaired) electrons. The highest BCUT2D eigenvalue weighted by atomic mass is 35.5. The van der Waals surface area contributed by atoms with Gasteiger partial charge in [-0.05, 0) is 31.2 Å². The first-order chi connectivity index (χ1) is 10.9. The number of halogens is 1. The summed E-state index contributed by atoms with van der Waals surface area (Å²) in [6.45, 7) is 1.85. The van der Waals surface area contributed by atoms with Crippen LogP contribution in [0.2, 0.25) is 5.02 Å². The Balaban J connectivity index is 1.96. The maximum absolute atomic E-state index is 12.4. The Kier molecular flexibility index (Phi) is 3.87. The number of nitrogens with one attached hydrogen (secondary N) is 2. The number of hydrogen-bond donors (Lipinski definition) is 2. The molecule has 3 aromatic rings. The zero-order valence-corrected chi connectivity index (χ0v) is 13.7. The van der Waals surface area contributed by atoms with Crippen LogP contribution in [0, 0.1) is 6.92 Å². The van der Waals surface area contributed by atoms with Crippen molar-refractivity contribution >= 4 is 38.4 Å². The molecule has 1 aromatic heterocycles. The lowest BCUT2D eigenvalue weighted by atomic mass is 10.2. The molecule has 1 amide bonds. The first-order valence-corrected chi connectivity index (χ1v) is 8.64. The zero-order chi connectivity index (χ0) is 16.6. The van der Waals surface area contributed by atoms with Gasteiger partial charge in [-0.25, -0.2) is 13.1 Å². The molecule has 0 aliphatic carbocycles. The predicted molar refractivity (Wildman–Crippen MR) is 89.1 cm³/mol. The molecular weight excluding hydrogens is 336 g/mol. The summed E-state index contributed by atoms with van der Waals surface area (Å²) in [6, 6.07) is 11.4. The quantitative estimate of drug-likeness (QED) is 0.762. The fraction of sp³-hybridized carbons (Fsp3) is 0.0625. The van der Waals surface area contributed by atoms with E-state index in [1.165, 1.54) is 18.3 Å². The van der Waals surface area contributed by atoms with E-state index in [2.05, 4.69) is 9.71 Å². The number of carbonyl (C=O) groups is 1. The van der Waals surface area contributed by atoms with E-state index in [9.17, 15) is 13.2 Å². The Morgan fingerprint density at radius 2 is 1.83 bits per heavy atom. The predicted octanol–water partition coefficient (Wildman–Crippen LogP) is 3.25. The van der Waals surface area contributed by atoms with Crippen molar-refractivity contribution in [2.75, 3.05) is 0 Å². The van der Waals surface area contributed by atoms with E-state index in [1.807, 2.05) is 6.92 Å². The van der Waals surface area contributed by atoms with Gasteiger partial charge in [0.2, 0.25) is 0 Å². The monoisotopic (exact) mass is 348 g/mol. The molecule has 0 fully saturated rings. The van der Waals surface area contributed by atoms with E-state index >= 15 is 0 Å². The number of aryl methyl sites for hydroxylation is 1. The molecule has 2 N–H and O–H groups in total. The average Bonchev–Trinajstić information content (AvgIpc) is 2.93. The molecule has 3 rings (SSSR count). The second kappa shape index (κ2) is 5.72. The second-order valence-corrected chi connectivity index (χ2v) is 7.20. The van der Waals surface area contributed by atoms with E-state index in [1.54, 1.807) is 30.3 Å². The van der Waals surface area contributed by atoms with Gasteiger partial charge in [-0.15, -0.1) is 0 Å². The number of carbonyl (C=O) groups excluding carboxylic acids is 1. The van der Waals surface area contributed by atoms with Crippen molar-refractivity contribution in [1.29, 1.82) is 0 Å². The number of hydrogen-bond acceptors (Lipinski definition) is 3. The highest BCUT2D eigenvalue weighted by Gasteiger charge is 2.21. The number of rotatable bonds is 3. The van der Waals surface area contributed by atoms with Crippen LogP contribution in [0.15, 0.2) is 53.6 Å². The van der Waals surface area contributed by atoms with Gasteiger partial charge in [0.1, 0.15) is 0 Å². The molecule has 0 bridgehead atoms. The van der Waals surface area contributed by atoms with Gasteiger partial charge in [0.25, 0.3) is 15.9 Å². The number of sulfonamides is 1. The van der Waals surface area contributed by atoms with Crippen LogP contribution >= 0.6 is 11.6 Å². The summed E-state index contributed by atoms with van der Waals surface area (Å²) in [4.78, 5) is 15.3. The number of benzene rings is 2. The molecule has 0 atom stereocenters. The minimum absolute atomic E-state index is 0.0300. The summed E-state index contributed by atoms with van der Waals surface area (Å²) in [7, 11) is -3.94. The summed E-state index contributed by atoms with van der Waals surface area (Å²) in [5, 5.41) is 0.868. The summed E-state index contributed by atoms with van der Waals surface area (Å²) in [5.41, 5.74) is 1.77. The Hall–Kier alpha value is -2.31. The third-order valence-electron chi connectivity index (χ3n) is 3.46. The van der Waals surface area contributed by atoms with Crippen LogP contribution in [-0.2, 0) is 10.0 Å². The summed E-state index contributed by atoms with van der Waals surface area (Å²) in [5.74, 6) is -0.732. The number of amides is 1. The molecule has 0 saturated carbocycles. The van der Waals surface area contributed by atoms with Gasteiger partial charge in [0, 0.05) is 17.1 Å². The number of aromatic nitrogens is 1. The summed E-state index contributed by atoms with van der Waals surface area (Å²) >= 11 is 6.10. The van der Waals surface area contributed by atoms with E-state index in [0.29, 0.717) is 15.9 Å². The van der Waals surface area contributed by atoms with Crippen LogP contribution in [0.1, 0.15) is 15.9 Å². The molecule has 0 aliphatic heterocycles. The Labute approximate surface area is 138 Å². The molecule has 23 heavy (non-hydrogen) atoms. The van der Waals surface area contributed by atoms with Crippen molar-refractivity contribution in [2.45, 2.75) is 11.8 Å². The fourth-order valence-corrected chi connectivity index (χ4v) is 3.52. The van der Waals surface area contributed by atoms with Crippen molar-refractivity contribution < 1.29 is 13.2 Å². The number of fused-ring (bicyclic) bond motifs is 1. The molecule has 2 aromatic carbocycles. The topological polar surface area (TPSA) is 79.0 Å². The summed E-state index contributed by atoms with van der Waals surface area (Å²) in [6.07, 6.45) is 1.44. The van der Waals surface area contributed by atoms with Crippen LogP contribution in [0.3, 0.4) is 0 Å². The Morgan fingerprint density at radius 3 is 2.52 bits per heavy atom. The van der Waals surface area contributed by atoms with Gasteiger partial charge >= 0.3 is 0 Å². The van der Waals surface area contributed by atoms with Crippen LogP contribution in [0.5, 0.6) is 0 Å². The van der Waals surface area contributed by atoms with Crippen molar-refractivity contribution in [3.05, 3.63) is 64.8 Å². The van der Waals surface area contributed by atoms with E-state index in [0.717, 1.165) is 5.56 Å². The normalized spacial score (nSPS) is 11.6. The minimum Gasteiger partial charge on any atom is -0.360 e. The maximum atomic E-state index is 12.4. The van der Waals surface area contributed by atoms with Gasteiger partial charge < -0.3 is 4.98 Å². The maximum Gasteiger partial charge on any atom is 0.267 e. The molecule has 1 heterocycles. The molecule has 0 aliphatic rings. The van der Waals surface area contributed by atoms with Crippen molar-refractivity contribution in [1.82, 2.24) is 9.71 Å². The molecule has 0 saturated heterocycles.